The maximum Gasteiger partial charge on any atom is 0.309 e. The zero-order valence-electron chi connectivity index (χ0n) is 15.7. The van der Waals surface area contributed by atoms with Crippen LogP contribution in [0.5, 0.6) is 0 Å². The van der Waals surface area contributed by atoms with Gasteiger partial charge in [0, 0.05) is 19.2 Å². The quantitative estimate of drug-likeness (QED) is 0.749. The Kier molecular flexibility index (Phi) is 6.58. The highest BCUT2D eigenvalue weighted by atomic mass is 32.1. The van der Waals surface area contributed by atoms with E-state index >= 15 is 0 Å². The van der Waals surface area contributed by atoms with E-state index in [0.717, 1.165) is 12.1 Å². The average Bonchev–Trinajstić information content (AvgIpc) is 3.24. The molecule has 3 rings (SSSR count). The van der Waals surface area contributed by atoms with Gasteiger partial charge in [0.25, 0.3) is 11.8 Å². The molecule has 1 aliphatic heterocycles. The number of nitrogens with one attached hydrogen (secondary N) is 1. The van der Waals surface area contributed by atoms with Gasteiger partial charge in [-0.15, -0.1) is 11.3 Å². The summed E-state index contributed by atoms with van der Waals surface area (Å²) in [5.41, 5.74) is -0.195. The summed E-state index contributed by atoms with van der Waals surface area (Å²) in [5, 5.41) is 4.11. The summed E-state index contributed by atoms with van der Waals surface area (Å²) in [5.74, 6) is -3.39. The van der Waals surface area contributed by atoms with Crippen LogP contribution in [0.2, 0.25) is 0 Å². The Labute approximate surface area is 170 Å². The van der Waals surface area contributed by atoms with Crippen molar-refractivity contribution >= 4 is 34.8 Å². The van der Waals surface area contributed by atoms with Crippen molar-refractivity contribution in [3.63, 3.8) is 0 Å². The van der Waals surface area contributed by atoms with Gasteiger partial charge in [-0.2, -0.15) is 0 Å². The Balaban J connectivity index is 1.48. The molecule has 0 aliphatic carbocycles. The molecule has 0 saturated carbocycles. The number of amides is 2. The molecule has 1 aromatic heterocycles. The lowest BCUT2D eigenvalue weighted by Gasteiger charge is -2.31. The van der Waals surface area contributed by atoms with E-state index in [1.54, 1.807) is 11.0 Å². The lowest BCUT2D eigenvalue weighted by atomic mass is 9.97. The van der Waals surface area contributed by atoms with Crippen LogP contribution in [0.3, 0.4) is 0 Å². The SMILES string of the molecule is CC(OC(=O)C1CCN(C(=O)c2cccs2)CC1)C(=O)Nc1ccc(F)cc1F. The number of likely N-dealkylation sites (tertiary alicyclic amines) is 1. The predicted octanol–water partition coefficient (Wildman–Crippen LogP) is 3.45. The molecule has 1 atom stereocenters. The fraction of sp³-hybridized carbons (Fsp3) is 0.350. The van der Waals surface area contributed by atoms with Gasteiger partial charge in [0.1, 0.15) is 11.6 Å². The van der Waals surface area contributed by atoms with E-state index in [1.807, 2.05) is 11.4 Å². The number of rotatable bonds is 5. The molecule has 2 aromatic rings. The monoisotopic (exact) mass is 422 g/mol. The molecule has 154 valence electrons. The topological polar surface area (TPSA) is 75.7 Å². The molecule has 0 spiro atoms. The average molecular weight is 422 g/mol. The van der Waals surface area contributed by atoms with Crippen LogP contribution in [-0.2, 0) is 14.3 Å². The van der Waals surface area contributed by atoms with Crippen LogP contribution < -0.4 is 5.32 Å². The first-order valence-corrected chi connectivity index (χ1v) is 10.0. The van der Waals surface area contributed by atoms with E-state index < -0.39 is 35.5 Å². The number of esters is 1. The van der Waals surface area contributed by atoms with E-state index in [1.165, 1.54) is 18.3 Å². The standard InChI is InChI=1S/C20H20F2N2O4S/c1-12(18(25)23-16-5-4-14(21)11-15(16)22)28-20(27)13-6-8-24(9-7-13)19(26)17-3-2-10-29-17/h2-5,10-13H,6-9H2,1H3,(H,23,25). The summed E-state index contributed by atoms with van der Waals surface area (Å²) in [6, 6.07) is 6.33. The van der Waals surface area contributed by atoms with Crippen LogP contribution in [-0.4, -0.2) is 41.9 Å². The Morgan fingerprint density at radius 1 is 1.21 bits per heavy atom. The molecule has 2 heterocycles. The minimum absolute atomic E-state index is 0.0547. The van der Waals surface area contributed by atoms with Crippen molar-refractivity contribution in [1.29, 1.82) is 0 Å². The van der Waals surface area contributed by atoms with E-state index in [2.05, 4.69) is 5.32 Å². The van der Waals surface area contributed by atoms with Crippen LogP contribution in [0.4, 0.5) is 14.5 Å². The summed E-state index contributed by atoms with van der Waals surface area (Å²) >= 11 is 1.37. The zero-order chi connectivity index (χ0) is 21.0. The van der Waals surface area contributed by atoms with Crippen molar-refractivity contribution in [2.45, 2.75) is 25.9 Å². The number of carbonyl (C=O) groups excluding carboxylic acids is 3. The Hall–Kier alpha value is -2.81. The van der Waals surface area contributed by atoms with E-state index in [4.69, 9.17) is 4.74 Å². The predicted molar refractivity (Wildman–Crippen MR) is 103 cm³/mol. The summed E-state index contributed by atoms with van der Waals surface area (Å²) in [6.07, 6.45) is -0.258. The number of piperidine rings is 1. The molecular weight excluding hydrogens is 402 g/mol. The molecule has 1 saturated heterocycles. The molecule has 1 fully saturated rings. The van der Waals surface area contributed by atoms with Gasteiger partial charge in [0.05, 0.1) is 16.5 Å². The lowest BCUT2D eigenvalue weighted by molar-refractivity contribution is -0.158. The van der Waals surface area contributed by atoms with Crippen LogP contribution in [0.1, 0.15) is 29.4 Å². The van der Waals surface area contributed by atoms with Crippen molar-refractivity contribution in [3.8, 4) is 0 Å². The fourth-order valence-electron chi connectivity index (χ4n) is 3.02. The first-order valence-electron chi connectivity index (χ1n) is 9.14. The van der Waals surface area contributed by atoms with Gasteiger partial charge in [-0.1, -0.05) is 6.07 Å². The molecule has 0 radical (unpaired) electrons. The van der Waals surface area contributed by atoms with Crippen LogP contribution >= 0.6 is 11.3 Å². The van der Waals surface area contributed by atoms with Gasteiger partial charge in [-0.25, -0.2) is 8.78 Å². The van der Waals surface area contributed by atoms with E-state index in [-0.39, 0.29) is 11.6 Å². The molecule has 29 heavy (non-hydrogen) atoms. The van der Waals surface area contributed by atoms with Crippen molar-refractivity contribution in [2.75, 3.05) is 18.4 Å². The Morgan fingerprint density at radius 3 is 2.55 bits per heavy atom. The van der Waals surface area contributed by atoms with Gasteiger partial charge in [-0.05, 0) is 43.3 Å². The zero-order valence-corrected chi connectivity index (χ0v) is 16.5. The third-order valence-corrected chi connectivity index (χ3v) is 5.56. The first-order chi connectivity index (χ1) is 13.8. The molecule has 1 N–H and O–H groups in total. The third-order valence-electron chi connectivity index (χ3n) is 4.70. The molecule has 1 aliphatic rings. The number of carbonyl (C=O) groups is 3. The van der Waals surface area contributed by atoms with Crippen molar-refractivity contribution < 1.29 is 27.9 Å². The molecule has 6 nitrogen and oxygen atoms in total. The third kappa shape index (κ3) is 5.17. The number of hydrogen-bond acceptors (Lipinski definition) is 5. The van der Waals surface area contributed by atoms with Crippen molar-refractivity contribution in [3.05, 3.63) is 52.2 Å². The van der Waals surface area contributed by atoms with E-state index in [9.17, 15) is 23.2 Å². The molecule has 1 unspecified atom stereocenters. The molecule has 2 amide bonds. The second-order valence-corrected chi connectivity index (χ2v) is 7.68. The summed E-state index contributed by atoms with van der Waals surface area (Å²) < 4.78 is 31.8. The largest absolute Gasteiger partial charge is 0.452 e. The van der Waals surface area contributed by atoms with Crippen molar-refractivity contribution in [2.24, 2.45) is 5.92 Å². The fourth-order valence-corrected chi connectivity index (χ4v) is 3.71. The normalized spacial score (nSPS) is 15.6. The Morgan fingerprint density at radius 2 is 1.93 bits per heavy atom. The first kappa shape index (κ1) is 20.9. The van der Waals surface area contributed by atoms with Gasteiger partial charge in [0.15, 0.2) is 6.10 Å². The molecule has 0 bridgehead atoms. The van der Waals surface area contributed by atoms with Crippen LogP contribution in [0.15, 0.2) is 35.7 Å². The highest BCUT2D eigenvalue weighted by Gasteiger charge is 2.31. The van der Waals surface area contributed by atoms with Gasteiger partial charge in [-0.3, -0.25) is 14.4 Å². The number of hydrogen-bond donors (Lipinski definition) is 1. The number of ether oxygens (including phenoxy) is 1. The lowest BCUT2D eigenvalue weighted by Crippen LogP contribution is -2.41. The maximum absolute atomic E-state index is 13.6. The number of thiophene rings is 1. The Bertz CT molecular complexity index is 896. The second-order valence-electron chi connectivity index (χ2n) is 6.74. The summed E-state index contributed by atoms with van der Waals surface area (Å²) in [7, 11) is 0. The molecular formula is C20H20F2N2O4S. The minimum atomic E-state index is -1.14. The number of anilines is 1. The van der Waals surface area contributed by atoms with Crippen LogP contribution in [0, 0.1) is 17.6 Å². The smallest absolute Gasteiger partial charge is 0.309 e. The highest BCUT2D eigenvalue weighted by Crippen LogP contribution is 2.22. The number of nitrogens with zero attached hydrogens (tertiary/aromatic N) is 1. The molecule has 9 heteroatoms. The maximum atomic E-state index is 13.6. The number of halogens is 2. The van der Waals surface area contributed by atoms with Gasteiger partial charge < -0.3 is 15.0 Å². The number of benzene rings is 1. The highest BCUT2D eigenvalue weighted by molar-refractivity contribution is 7.12. The van der Waals surface area contributed by atoms with Crippen LogP contribution in [0.25, 0.3) is 0 Å². The summed E-state index contributed by atoms with van der Waals surface area (Å²) in [4.78, 5) is 39.2. The second kappa shape index (κ2) is 9.13. The van der Waals surface area contributed by atoms with Gasteiger partial charge in [0.2, 0.25) is 0 Å². The minimum Gasteiger partial charge on any atom is -0.452 e. The van der Waals surface area contributed by atoms with Crippen molar-refractivity contribution in [1.82, 2.24) is 4.90 Å². The summed E-state index contributed by atoms with van der Waals surface area (Å²) in [6.45, 7) is 2.24. The van der Waals surface area contributed by atoms with Gasteiger partial charge >= 0.3 is 5.97 Å². The molecule has 1 aromatic carbocycles. The van der Waals surface area contributed by atoms with E-state index in [0.29, 0.717) is 36.9 Å².